The molecule has 0 aliphatic heterocycles. The van der Waals surface area contributed by atoms with Crippen molar-refractivity contribution < 1.29 is 4.52 Å². The average molecular weight is 256 g/mol. The number of hydrogen-bond donors (Lipinski definition) is 2. The molecule has 14 heavy (non-hydrogen) atoms. The summed E-state index contributed by atoms with van der Waals surface area (Å²) < 4.78 is 5.52. The molecule has 2 heterocycles. The molecule has 0 atom stereocenters. The number of hydrogen-bond acceptors (Lipinski definition) is 4. The second kappa shape index (κ2) is 3.30. The molecule has 0 radical (unpaired) electrons. The third-order valence-electron chi connectivity index (χ3n) is 1.70. The Kier molecular flexibility index (Phi) is 2.12. The van der Waals surface area contributed by atoms with E-state index in [0.29, 0.717) is 15.8 Å². The van der Waals surface area contributed by atoms with Gasteiger partial charge in [-0.1, -0.05) is 5.16 Å². The Morgan fingerprint density at radius 3 is 2.93 bits per heavy atom. The fourth-order valence-corrected chi connectivity index (χ4v) is 1.43. The average Bonchev–Trinajstić information content (AvgIpc) is 2.48. The lowest BCUT2D eigenvalue weighted by Crippen LogP contribution is -2.01. The van der Waals surface area contributed by atoms with Crippen molar-refractivity contribution in [2.24, 2.45) is 0 Å². The second-order valence-electron chi connectivity index (χ2n) is 2.65. The zero-order valence-corrected chi connectivity index (χ0v) is 8.54. The number of pyridine rings is 1. The third kappa shape index (κ3) is 1.44. The van der Waals surface area contributed by atoms with Crippen molar-refractivity contribution in [2.75, 3.05) is 5.73 Å². The van der Waals surface area contributed by atoms with E-state index in [-0.39, 0.29) is 11.4 Å². The van der Waals surface area contributed by atoms with Gasteiger partial charge in [0.25, 0.3) is 0 Å². The Morgan fingerprint density at radius 1 is 1.57 bits per heavy atom. The highest BCUT2D eigenvalue weighted by Gasteiger charge is 2.12. The maximum Gasteiger partial charge on any atom is 0.248 e. The van der Waals surface area contributed by atoms with Crippen molar-refractivity contribution in [3.05, 3.63) is 33.2 Å². The predicted octanol–water partition coefficient (Wildman–Crippen LogP) is 1.37. The van der Waals surface area contributed by atoms with Gasteiger partial charge in [0, 0.05) is 17.8 Å². The topological polar surface area (TPSA) is 84.9 Å². The number of anilines is 1. The molecule has 0 aromatic carbocycles. The molecule has 2 rings (SSSR count). The van der Waals surface area contributed by atoms with Gasteiger partial charge in [-0.2, -0.15) is 0 Å². The number of nitrogens with one attached hydrogen (secondary N) is 1. The lowest BCUT2D eigenvalue weighted by molar-refractivity contribution is 0.435. The van der Waals surface area contributed by atoms with Gasteiger partial charge in [-0.05, 0) is 22.0 Å². The van der Waals surface area contributed by atoms with Gasteiger partial charge >= 0.3 is 0 Å². The molecule has 0 saturated carbocycles. The van der Waals surface area contributed by atoms with Crippen molar-refractivity contribution in [3.63, 3.8) is 0 Å². The molecule has 0 aliphatic rings. The molecule has 0 fully saturated rings. The van der Waals surface area contributed by atoms with Crippen LogP contribution in [0.3, 0.4) is 0 Å². The van der Waals surface area contributed by atoms with Gasteiger partial charge in [0.2, 0.25) is 5.56 Å². The fourth-order valence-electron chi connectivity index (χ4n) is 1.06. The van der Waals surface area contributed by atoms with Crippen LogP contribution >= 0.6 is 15.9 Å². The molecule has 2 aromatic rings. The zero-order chi connectivity index (χ0) is 10.1. The molecule has 0 saturated heterocycles. The van der Waals surface area contributed by atoms with Crippen LogP contribution in [0.1, 0.15) is 0 Å². The van der Waals surface area contributed by atoms with E-state index in [4.69, 9.17) is 10.3 Å². The monoisotopic (exact) mass is 255 g/mol. The minimum absolute atomic E-state index is 0.204. The van der Waals surface area contributed by atoms with Gasteiger partial charge in [0.05, 0.1) is 0 Å². The molecular weight excluding hydrogens is 250 g/mol. The lowest BCUT2D eigenvalue weighted by Gasteiger charge is -1.93. The maximum absolute atomic E-state index is 11.0. The standard InChI is InChI=1S/C8H6BrN3O2/c9-6-7(14-12-8(6)10)4-1-2-11-5(13)3-4/h1-3H,(H2,10,12)(H,11,13). The molecule has 0 unspecified atom stereocenters. The largest absolute Gasteiger partial charge is 0.380 e. The molecular formula is C8H6BrN3O2. The molecule has 2 aromatic heterocycles. The normalized spacial score (nSPS) is 10.4. The number of nitrogens with two attached hydrogens (primary N) is 1. The summed E-state index contributed by atoms with van der Waals surface area (Å²) in [7, 11) is 0. The Balaban J connectivity index is 2.60. The van der Waals surface area contributed by atoms with Crippen LogP contribution < -0.4 is 11.3 Å². The van der Waals surface area contributed by atoms with Crippen LogP contribution in [0.5, 0.6) is 0 Å². The molecule has 0 bridgehead atoms. The van der Waals surface area contributed by atoms with Crippen molar-refractivity contribution in [1.29, 1.82) is 0 Å². The van der Waals surface area contributed by atoms with Crippen LogP contribution in [0.4, 0.5) is 5.82 Å². The molecule has 0 amide bonds. The van der Waals surface area contributed by atoms with Gasteiger partial charge in [-0.3, -0.25) is 4.79 Å². The number of aromatic nitrogens is 2. The molecule has 3 N–H and O–H groups in total. The first-order valence-corrected chi connectivity index (χ1v) is 4.57. The van der Waals surface area contributed by atoms with Crippen LogP contribution in [0, 0.1) is 0 Å². The van der Waals surface area contributed by atoms with Crippen LogP contribution in [-0.2, 0) is 0 Å². The third-order valence-corrected chi connectivity index (χ3v) is 2.46. The summed E-state index contributed by atoms with van der Waals surface area (Å²) in [6.45, 7) is 0. The summed E-state index contributed by atoms with van der Waals surface area (Å²) in [5.74, 6) is 0.717. The Bertz CT molecular complexity index is 517. The number of halogens is 1. The van der Waals surface area contributed by atoms with E-state index in [2.05, 4.69) is 26.1 Å². The zero-order valence-electron chi connectivity index (χ0n) is 6.95. The van der Waals surface area contributed by atoms with Crippen LogP contribution in [0.25, 0.3) is 11.3 Å². The number of aromatic amines is 1. The van der Waals surface area contributed by atoms with Crippen molar-refractivity contribution in [3.8, 4) is 11.3 Å². The van der Waals surface area contributed by atoms with E-state index in [0.717, 1.165) is 0 Å². The second-order valence-corrected chi connectivity index (χ2v) is 3.45. The van der Waals surface area contributed by atoms with Crippen LogP contribution in [0.15, 0.2) is 32.1 Å². The summed E-state index contributed by atoms with van der Waals surface area (Å²) in [6, 6.07) is 3.11. The molecule has 5 nitrogen and oxygen atoms in total. The Hall–Kier alpha value is -1.56. The highest BCUT2D eigenvalue weighted by atomic mass is 79.9. The summed E-state index contributed by atoms with van der Waals surface area (Å²) >= 11 is 3.22. The first-order chi connectivity index (χ1) is 6.68. The fraction of sp³-hybridized carbons (Fsp3) is 0. The SMILES string of the molecule is Nc1noc(-c2cc[nH]c(=O)c2)c1Br. The minimum Gasteiger partial charge on any atom is -0.380 e. The van der Waals surface area contributed by atoms with Crippen molar-refractivity contribution in [2.45, 2.75) is 0 Å². The van der Waals surface area contributed by atoms with E-state index in [1.165, 1.54) is 12.3 Å². The summed E-state index contributed by atoms with van der Waals surface area (Å²) in [5.41, 5.74) is 5.90. The first-order valence-electron chi connectivity index (χ1n) is 3.78. The van der Waals surface area contributed by atoms with Gasteiger partial charge in [0.1, 0.15) is 4.47 Å². The number of nitrogen functional groups attached to an aromatic ring is 1. The van der Waals surface area contributed by atoms with Crippen LogP contribution in [-0.4, -0.2) is 10.1 Å². The molecule has 6 heteroatoms. The smallest absolute Gasteiger partial charge is 0.248 e. The van der Waals surface area contributed by atoms with E-state index in [1.54, 1.807) is 6.07 Å². The molecule has 0 aliphatic carbocycles. The summed E-state index contributed by atoms with van der Waals surface area (Å²) in [4.78, 5) is 13.5. The van der Waals surface area contributed by atoms with Gasteiger partial charge in [0.15, 0.2) is 11.6 Å². The van der Waals surface area contributed by atoms with Gasteiger partial charge in [-0.25, -0.2) is 0 Å². The van der Waals surface area contributed by atoms with Crippen molar-refractivity contribution >= 4 is 21.7 Å². The van der Waals surface area contributed by atoms with Crippen molar-refractivity contribution in [1.82, 2.24) is 10.1 Å². The van der Waals surface area contributed by atoms with Gasteiger partial charge in [-0.15, -0.1) is 0 Å². The Morgan fingerprint density at radius 2 is 2.36 bits per heavy atom. The predicted molar refractivity (Wildman–Crippen MR) is 54.7 cm³/mol. The van der Waals surface area contributed by atoms with Crippen LogP contribution in [0.2, 0.25) is 0 Å². The molecule has 72 valence electrons. The number of rotatable bonds is 1. The Labute approximate surface area is 87.0 Å². The first kappa shape index (κ1) is 9.01. The highest BCUT2D eigenvalue weighted by Crippen LogP contribution is 2.31. The maximum atomic E-state index is 11.0. The number of nitrogens with zero attached hydrogens (tertiary/aromatic N) is 1. The quantitative estimate of drug-likeness (QED) is 0.806. The lowest BCUT2D eigenvalue weighted by atomic mass is 10.2. The molecule has 0 spiro atoms. The minimum atomic E-state index is -0.204. The van der Waals surface area contributed by atoms with E-state index in [1.807, 2.05) is 0 Å². The van der Waals surface area contributed by atoms with Gasteiger partial charge < -0.3 is 15.2 Å². The van der Waals surface area contributed by atoms with E-state index < -0.39 is 0 Å². The summed E-state index contributed by atoms with van der Waals surface area (Å²) in [5, 5.41) is 3.57. The van der Waals surface area contributed by atoms with E-state index >= 15 is 0 Å². The highest BCUT2D eigenvalue weighted by molar-refractivity contribution is 9.10. The summed E-state index contributed by atoms with van der Waals surface area (Å²) in [6.07, 6.45) is 1.53. The van der Waals surface area contributed by atoms with E-state index in [9.17, 15) is 4.79 Å². The number of H-pyrrole nitrogens is 1.